The molecule has 2 heterocycles. The van der Waals surface area contributed by atoms with Gasteiger partial charge in [0.1, 0.15) is 0 Å². The van der Waals surface area contributed by atoms with Crippen LogP contribution < -0.4 is 4.74 Å². The molecule has 0 amide bonds. The third-order valence-corrected chi connectivity index (χ3v) is 2.69. The number of nitrogens with one attached hydrogen (secondary N) is 1. The molecule has 0 spiro atoms. The van der Waals surface area contributed by atoms with E-state index in [0.29, 0.717) is 5.82 Å². The lowest BCUT2D eigenvalue weighted by Gasteiger charge is -2.03. The summed E-state index contributed by atoms with van der Waals surface area (Å²) in [5.74, 6) is 1.44. The number of aromatic nitrogens is 3. The van der Waals surface area contributed by atoms with Crippen LogP contribution in [0.4, 0.5) is 0 Å². The van der Waals surface area contributed by atoms with E-state index in [9.17, 15) is 0 Å². The number of fused-ring (bicyclic) bond motifs is 1. The molecular weight excluding hydrogens is 214 g/mol. The molecule has 84 valence electrons. The molecule has 0 aliphatic heterocycles. The molecule has 0 bridgehead atoms. The normalized spacial score (nSPS) is 10.6. The Bertz CT molecular complexity index is 646. The minimum Gasteiger partial charge on any atom is -0.482 e. The quantitative estimate of drug-likeness (QED) is 0.729. The molecular formula is C13H11N3O. The Labute approximate surface area is 98.3 Å². The highest BCUT2D eigenvalue weighted by atomic mass is 16.5. The molecule has 0 fully saturated rings. The van der Waals surface area contributed by atoms with Gasteiger partial charge in [-0.05, 0) is 6.07 Å². The van der Waals surface area contributed by atoms with E-state index in [4.69, 9.17) is 4.74 Å². The predicted molar refractivity (Wildman–Crippen MR) is 65.9 cm³/mol. The van der Waals surface area contributed by atoms with Crippen molar-refractivity contribution >= 4 is 10.8 Å². The standard InChI is InChI=1S/C13H11N3O/c1-17-13-11-9(8-16-13)4-2-5-10(11)12-14-6-3-7-15-12/h2-8,16H,1H3. The molecule has 0 saturated carbocycles. The topological polar surface area (TPSA) is 50.8 Å². The van der Waals surface area contributed by atoms with Gasteiger partial charge in [0.05, 0.1) is 12.5 Å². The molecule has 3 rings (SSSR count). The van der Waals surface area contributed by atoms with Crippen LogP contribution >= 0.6 is 0 Å². The highest BCUT2D eigenvalue weighted by molar-refractivity contribution is 5.99. The number of hydrogen-bond donors (Lipinski definition) is 1. The zero-order valence-electron chi connectivity index (χ0n) is 9.34. The lowest BCUT2D eigenvalue weighted by molar-refractivity contribution is 0.405. The van der Waals surface area contributed by atoms with Crippen molar-refractivity contribution in [1.82, 2.24) is 15.0 Å². The van der Waals surface area contributed by atoms with Crippen molar-refractivity contribution in [2.45, 2.75) is 0 Å². The number of rotatable bonds is 2. The predicted octanol–water partition coefficient (Wildman–Crippen LogP) is 2.63. The van der Waals surface area contributed by atoms with Gasteiger partial charge < -0.3 is 9.72 Å². The molecule has 4 nitrogen and oxygen atoms in total. The molecule has 3 aromatic rings. The Morgan fingerprint density at radius 2 is 1.94 bits per heavy atom. The SMILES string of the molecule is COc1[nH]cc2cccc(-c3ncccn3)c12. The summed E-state index contributed by atoms with van der Waals surface area (Å²) in [7, 11) is 1.65. The molecule has 0 radical (unpaired) electrons. The zero-order valence-corrected chi connectivity index (χ0v) is 9.34. The first-order valence-electron chi connectivity index (χ1n) is 5.31. The molecule has 4 heteroatoms. The van der Waals surface area contributed by atoms with Gasteiger partial charge in [0, 0.05) is 29.5 Å². The van der Waals surface area contributed by atoms with Crippen LogP contribution in [-0.2, 0) is 0 Å². The van der Waals surface area contributed by atoms with E-state index in [2.05, 4.69) is 15.0 Å². The lowest BCUT2D eigenvalue weighted by atomic mass is 10.1. The van der Waals surface area contributed by atoms with E-state index in [1.807, 2.05) is 24.4 Å². The van der Waals surface area contributed by atoms with Gasteiger partial charge >= 0.3 is 0 Å². The van der Waals surface area contributed by atoms with Crippen LogP contribution in [0.15, 0.2) is 42.9 Å². The van der Waals surface area contributed by atoms with Crippen LogP contribution in [0.3, 0.4) is 0 Å². The Balaban J connectivity index is 2.33. The monoisotopic (exact) mass is 225 g/mol. The van der Waals surface area contributed by atoms with Crippen LogP contribution in [0.25, 0.3) is 22.2 Å². The van der Waals surface area contributed by atoms with Crippen LogP contribution in [-0.4, -0.2) is 22.1 Å². The van der Waals surface area contributed by atoms with Crippen LogP contribution in [0, 0.1) is 0 Å². The largest absolute Gasteiger partial charge is 0.482 e. The minimum atomic E-state index is 0.705. The van der Waals surface area contributed by atoms with Gasteiger partial charge in [0.2, 0.25) is 0 Å². The second-order valence-corrected chi connectivity index (χ2v) is 3.66. The second kappa shape index (κ2) is 3.90. The third-order valence-electron chi connectivity index (χ3n) is 2.69. The molecule has 1 aromatic carbocycles. The van der Waals surface area contributed by atoms with Gasteiger partial charge in [-0.25, -0.2) is 9.97 Å². The third kappa shape index (κ3) is 1.54. The molecule has 0 atom stereocenters. The van der Waals surface area contributed by atoms with Gasteiger partial charge in [0.15, 0.2) is 11.7 Å². The lowest BCUT2D eigenvalue weighted by Crippen LogP contribution is -1.89. The van der Waals surface area contributed by atoms with Gasteiger partial charge in [-0.3, -0.25) is 0 Å². The zero-order chi connectivity index (χ0) is 11.7. The summed E-state index contributed by atoms with van der Waals surface area (Å²) < 4.78 is 5.32. The number of methoxy groups -OCH3 is 1. The van der Waals surface area contributed by atoms with E-state index >= 15 is 0 Å². The van der Waals surface area contributed by atoms with Crippen LogP contribution in [0.1, 0.15) is 0 Å². The summed E-state index contributed by atoms with van der Waals surface area (Å²) in [6.45, 7) is 0. The summed E-state index contributed by atoms with van der Waals surface area (Å²) in [5, 5.41) is 2.10. The number of H-pyrrole nitrogens is 1. The van der Waals surface area contributed by atoms with Crippen LogP contribution in [0.2, 0.25) is 0 Å². The first kappa shape index (κ1) is 9.84. The number of benzene rings is 1. The van der Waals surface area contributed by atoms with Crippen molar-refractivity contribution in [2.75, 3.05) is 7.11 Å². The molecule has 17 heavy (non-hydrogen) atoms. The van der Waals surface area contributed by atoms with Crippen molar-refractivity contribution in [1.29, 1.82) is 0 Å². The summed E-state index contributed by atoms with van der Waals surface area (Å²) >= 11 is 0. The number of ether oxygens (including phenoxy) is 1. The highest BCUT2D eigenvalue weighted by Gasteiger charge is 2.11. The molecule has 2 aromatic heterocycles. The number of hydrogen-bond acceptors (Lipinski definition) is 3. The van der Waals surface area contributed by atoms with E-state index < -0.39 is 0 Å². The Morgan fingerprint density at radius 1 is 1.12 bits per heavy atom. The van der Waals surface area contributed by atoms with Gasteiger partial charge in [-0.1, -0.05) is 18.2 Å². The fourth-order valence-corrected chi connectivity index (χ4v) is 1.94. The van der Waals surface area contributed by atoms with Crippen molar-refractivity contribution < 1.29 is 4.74 Å². The van der Waals surface area contributed by atoms with E-state index in [-0.39, 0.29) is 0 Å². The molecule has 0 aliphatic rings. The van der Waals surface area contributed by atoms with Gasteiger partial charge in [-0.15, -0.1) is 0 Å². The summed E-state index contributed by atoms with van der Waals surface area (Å²) in [5.41, 5.74) is 0.973. The summed E-state index contributed by atoms with van der Waals surface area (Å²) in [6.07, 6.45) is 5.39. The maximum absolute atomic E-state index is 5.32. The molecule has 0 unspecified atom stereocenters. The maximum atomic E-state index is 5.32. The van der Waals surface area contributed by atoms with Crippen molar-refractivity contribution in [3.63, 3.8) is 0 Å². The number of nitrogens with zero attached hydrogens (tertiary/aromatic N) is 2. The highest BCUT2D eigenvalue weighted by Crippen LogP contribution is 2.32. The van der Waals surface area contributed by atoms with Crippen molar-refractivity contribution in [3.8, 4) is 17.3 Å². The first-order valence-corrected chi connectivity index (χ1v) is 5.31. The Hall–Kier alpha value is -2.36. The van der Waals surface area contributed by atoms with Crippen molar-refractivity contribution in [2.24, 2.45) is 0 Å². The van der Waals surface area contributed by atoms with Gasteiger partial charge in [-0.2, -0.15) is 0 Å². The van der Waals surface area contributed by atoms with Crippen LogP contribution in [0.5, 0.6) is 5.88 Å². The molecule has 0 saturated heterocycles. The van der Waals surface area contributed by atoms with E-state index in [0.717, 1.165) is 22.2 Å². The average molecular weight is 225 g/mol. The smallest absolute Gasteiger partial charge is 0.199 e. The number of aromatic amines is 1. The summed E-state index contributed by atoms with van der Waals surface area (Å²) in [4.78, 5) is 11.6. The van der Waals surface area contributed by atoms with E-state index in [1.165, 1.54) is 0 Å². The fraction of sp³-hybridized carbons (Fsp3) is 0.0769. The first-order chi connectivity index (χ1) is 8.40. The second-order valence-electron chi connectivity index (χ2n) is 3.66. The Morgan fingerprint density at radius 3 is 2.71 bits per heavy atom. The molecule has 0 aliphatic carbocycles. The Kier molecular flexibility index (Phi) is 2.26. The fourth-order valence-electron chi connectivity index (χ4n) is 1.94. The van der Waals surface area contributed by atoms with Gasteiger partial charge in [0.25, 0.3) is 0 Å². The average Bonchev–Trinajstić information content (AvgIpc) is 2.82. The maximum Gasteiger partial charge on any atom is 0.199 e. The summed E-state index contributed by atoms with van der Waals surface area (Å²) in [6, 6.07) is 7.81. The minimum absolute atomic E-state index is 0.705. The van der Waals surface area contributed by atoms with Crippen molar-refractivity contribution in [3.05, 3.63) is 42.9 Å². The van der Waals surface area contributed by atoms with E-state index in [1.54, 1.807) is 25.6 Å². The molecule has 1 N–H and O–H groups in total.